The highest BCUT2D eigenvalue weighted by Crippen LogP contribution is 2.40. The Morgan fingerprint density at radius 3 is 2.82 bits per heavy atom. The predicted octanol–water partition coefficient (Wildman–Crippen LogP) is 4.59. The first kappa shape index (κ1) is 18.9. The first-order valence-electron chi connectivity index (χ1n) is 9.85. The number of ether oxygens (including phenoxy) is 1. The summed E-state index contributed by atoms with van der Waals surface area (Å²) in [7, 11) is 0. The van der Waals surface area contributed by atoms with Gasteiger partial charge in [0.05, 0.1) is 12.6 Å². The SMILES string of the molecule is CCOC(=O)N1CCC(=C2c3ccc(Cl)cc3CCC3=C(O)C=CNC32)CC1. The van der Waals surface area contributed by atoms with Crippen molar-refractivity contribution in [1.82, 2.24) is 10.2 Å². The van der Waals surface area contributed by atoms with Crippen LogP contribution in [0, 0.1) is 0 Å². The first-order chi connectivity index (χ1) is 13.6. The van der Waals surface area contributed by atoms with Gasteiger partial charge in [-0.1, -0.05) is 23.2 Å². The van der Waals surface area contributed by atoms with Crippen LogP contribution >= 0.6 is 11.6 Å². The number of carbonyl (C=O) groups excluding carboxylic acids is 1. The minimum Gasteiger partial charge on any atom is -0.508 e. The van der Waals surface area contributed by atoms with Crippen LogP contribution in [-0.2, 0) is 11.2 Å². The van der Waals surface area contributed by atoms with Crippen LogP contribution in [0.15, 0.2) is 47.4 Å². The molecule has 148 valence electrons. The second-order valence-electron chi connectivity index (χ2n) is 7.35. The molecule has 2 heterocycles. The molecule has 0 radical (unpaired) electrons. The van der Waals surface area contributed by atoms with Crippen LogP contribution in [0.2, 0.25) is 5.02 Å². The van der Waals surface area contributed by atoms with Gasteiger partial charge >= 0.3 is 6.09 Å². The van der Waals surface area contributed by atoms with Crippen molar-refractivity contribution >= 4 is 23.3 Å². The van der Waals surface area contributed by atoms with E-state index in [1.807, 2.05) is 25.3 Å². The van der Waals surface area contributed by atoms with Gasteiger partial charge in [0.25, 0.3) is 0 Å². The van der Waals surface area contributed by atoms with Crippen molar-refractivity contribution < 1.29 is 14.6 Å². The van der Waals surface area contributed by atoms with Crippen molar-refractivity contribution in [1.29, 1.82) is 0 Å². The predicted molar refractivity (Wildman–Crippen MR) is 110 cm³/mol. The fourth-order valence-electron chi connectivity index (χ4n) is 4.40. The fourth-order valence-corrected chi connectivity index (χ4v) is 4.60. The second kappa shape index (κ2) is 7.92. The molecule has 5 nitrogen and oxygen atoms in total. The van der Waals surface area contributed by atoms with Crippen molar-refractivity contribution in [2.75, 3.05) is 19.7 Å². The van der Waals surface area contributed by atoms with E-state index < -0.39 is 0 Å². The number of piperidine rings is 1. The van der Waals surface area contributed by atoms with Crippen molar-refractivity contribution in [2.45, 2.75) is 38.6 Å². The van der Waals surface area contributed by atoms with Crippen LogP contribution in [-0.4, -0.2) is 41.8 Å². The molecule has 2 aliphatic heterocycles. The molecule has 0 aromatic heterocycles. The number of amides is 1. The summed E-state index contributed by atoms with van der Waals surface area (Å²) in [5.74, 6) is 0.352. The number of hydrogen-bond donors (Lipinski definition) is 2. The molecule has 0 spiro atoms. The molecule has 1 aliphatic carbocycles. The molecular weight excluding hydrogens is 376 g/mol. The van der Waals surface area contributed by atoms with Crippen molar-refractivity contribution in [3.8, 4) is 0 Å². The number of likely N-dealkylation sites (tertiary alicyclic amines) is 1. The molecule has 1 aromatic carbocycles. The maximum Gasteiger partial charge on any atom is 0.409 e. The van der Waals surface area contributed by atoms with Crippen LogP contribution in [0.5, 0.6) is 0 Å². The number of aliphatic hydroxyl groups excluding tert-OH is 1. The molecule has 1 saturated heterocycles. The summed E-state index contributed by atoms with van der Waals surface area (Å²) in [5, 5.41) is 14.7. The highest BCUT2D eigenvalue weighted by Gasteiger charge is 2.32. The molecule has 0 saturated carbocycles. The molecule has 0 bridgehead atoms. The summed E-state index contributed by atoms with van der Waals surface area (Å²) in [5.41, 5.74) is 5.96. The standard InChI is InChI=1S/C22H25ClN2O3/c1-2-28-22(27)25-11-8-14(9-12-25)20-17-6-4-16(23)13-15(17)3-5-18-19(26)7-10-24-21(18)20/h4,6-7,10,13,21,24,26H,2-3,5,8-9,11-12H2,1H3. The number of halogens is 1. The van der Waals surface area contributed by atoms with Crippen LogP contribution in [0.1, 0.15) is 37.3 Å². The largest absolute Gasteiger partial charge is 0.508 e. The Balaban J connectivity index is 1.73. The third-order valence-corrected chi connectivity index (χ3v) is 6.00. The molecule has 2 N–H and O–H groups in total. The lowest BCUT2D eigenvalue weighted by atomic mass is 9.84. The van der Waals surface area contributed by atoms with Gasteiger partial charge < -0.3 is 20.1 Å². The molecule has 1 unspecified atom stereocenters. The van der Waals surface area contributed by atoms with Crippen molar-refractivity contribution in [3.05, 3.63) is 63.5 Å². The lowest BCUT2D eigenvalue weighted by Crippen LogP contribution is -2.38. The first-order valence-corrected chi connectivity index (χ1v) is 10.2. The molecule has 6 heteroatoms. The minimum absolute atomic E-state index is 0.0448. The van der Waals surface area contributed by atoms with Gasteiger partial charge in [0.2, 0.25) is 0 Å². The van der Waals surface area contributed by atoms with Crippen LogP contribution in [0.3, 0.4) is 0 Å². The third kappa shape index (κ3) is 3.51. The Morgan fingerprint density at radius 1 is 1.29 bits per heavy atom. The van der Waals surface area contributed by atoms with Crippen LogP contribution in [0.25, 0.3) is 5.57 Å². The average Bonchev–Trinajstić information content (AvgIpc) is 2.85. The summed E-state index contributed by atoms with van der Waals surface area (Å²) in [6, 6.07) is 6.02. The number of carbonyl (C=O) groups is 1. The van der Waals surface area contributed by atoms with E-state index >= 15 is 0 Å². The maximum atomic E-state index is 12.1. The zero-order valence-electron chi connectivity index (χ0n) is 16.0. The Hall–Kier alpha value is -2.40. The molecule has 1 fully saturated rings. The van der Waals surface area contributed by atoms with Crippen molar-refractivity contribution in [2.24, 2.45) is 0 Å². The van der Waals surface area contributed by atoms with Gasteiger partial charge in [-0.2, -0.15) is 0 Å². The fraction of sp³-hybridized carbons (Fsp3) is 0.409. The number of aryl methyl sites for hydroxylation is 1. The summed E-state index contributed by atoms with van der Waals surface area (Å²) < 4.78 is 5.15. The van der Waals surface area contributed by atoms with E-state index in [0.29, 0.717) is 25.5 Å². The van der Waals surface area contributed by atoms with Gasteiger partial charge in [0.15, 0.2) is 0 Å². The zero-order chi connectivity index (χ0) is 19.7. The summed E-state index contributed by atoms with van der Waals surface area (Å²) >= 11 is 6.27. The van der Waals surface area contributed by atoms with Gasteiger partial charge in [-0.05, 0) is 73.1 Å². The number of dihydropyridines is 1. The molecule has 4 rings (SSSR count). The molecule has 3 aliphatic rings. The number of nitrogens with one attached hydrogen (secondary N) is 1. The summed E-state index contributed by atoms with van der Waals surface area (Å²) in [6.45, 7) is 3.51. The van der Waals surface area contributed by atoms with E-state index in [0.717, 1.165) is 36.3 Å². The van der Waals surface area contributed by atoms with Gasteiger partial charge in [0, 0.05) is 24.3 Å². The number of benzene rings is 1. The van der Waals surface area contributed by atoms with E-state index in [-0.39, 0.29) is 12.1 Å². The Morgan fingerprint density at radius 2 is 2.07 bits per heavy atom. The second-order valence-corrected chi connectivity index (χ2v) is 7.78. The van der Waals surface area contributed by atoms with Crippen LogP contribution in [0.4, 0.5) is 4.79 Å². The molecule has 1 atom stereocenters. The smallest absolute Gasteiger partial charge is 0.409 e. The quantitative estimate of drug-likeness (QED) is 0.723. The Labute approximate surface area is 170 Å². The Bertz CT molecular complexity index is 878. The number of fused-ring (bicyclic) bond motifs is 2. The van der Waals surface area contributed by atoms with E-state index in [9.17, 15) is 9.90 Å². The number of allylic oxidation sites excluding steroid dienone is 1. The highest BCUT2D eigenvalue weighted by molar-refractivity contribution is 6.30. The number of hydrogen-bond acceptors (Lipinski definition) is 4. The van der Waals surface area contributed by atoms with E-state index in [4.69, 9.17) is 16.3 Å². The van der Waals surface area contributed by atoms with Crippen molar-refractivity contribution in [3.63, 3.8) is 0 Å². The topological polar surface area (TPSA) is 61.8 Å². The minimum atomic E-state index is -0.239. The Kier molecular flexibility index (Phi) is 5.36. The van der Waals surface area contributed by atoms with Gasteiger partial charge in [0.1, 0.15) is 5.76 Å². The third-order valence-electron chi connectivity index (χ3n) is 5.77. The number of aliphatic hydroxyl groups is 1. The van der Waals surface area contributed by atoms with Gasteiger partial charge in [-0.3, -0.25) is 0 Å². The van der Waals surface area contributed by atoms with E-state index in [2.05, 4.69) is 11.4 Å². The van der Waals surface area contributed by atoms with E-state index in [1.165, 1.54) is 22.3 Å². The van der Waals surface area contributed by atoms with Gasteiger partial charge in [-0.15, -0.1) is 0 Å². The molecule has 1 aromatic rings. The molecule has 1 amide bonds. The number of rotatable bonds is 1. The highest BCUT2D eigenvalue weighted by atomic mass is 35.5. The summed E-state index contributed by atoms with van der Waals surface area (Å²) in [6.07, 6.45) is 6.52. The lowest BCUT2D eigenvalue weighted by molar-refractivity contribution is 0.104. The normalized spacial score (nSPS) is 21.6. The molecular formula is C22H25ClN2O3. The van der Waals surface area contributed by atoms with Crippen LogP contribution < -0.4 is 5.32 Å². The monoisotopic (exact) mass is 400 g/mol. The maximum absolute atomic E-state index is 12.1. The average molecular weight is 401 g/mol. The molecule has 28 heavy (non-hydrogen) atoms. The zero-order valence-corrected chi connectivity index (χ0v) is 16.8. The van der Waals surface area contributed by atoms with E-state index in [1.54, 1.807) is 11.0 Å². The number of nitrogens with zero attached hydrogens (tertiary/aromatic N) is 1. The van der Waals surface area contributed by atoms with Gasteiger partial charge in [-0.25, -0.2) is 4.79 Å². The lowest BCUT2D eigenvalue weighted by Gasteiger charge is -2.33. The summed E-state index contributed by atoms with van der Waals surface area (Å²) in [4.78, 5) is 13.8.